The van der Waals surface area contributed by atoms with Crippen LogP contribution in [0.2, 0.25) is 0 Å². The number of amides is 1. The van der Waals surface area contributed by atoms with Crippen LogP contribution in [0, 0.1) is 6.92 Å². The van der Waals surface area contributed by atoms with E-state index in [9.17, 15) is 9.59 Å². The summed E-state index contributed by atoms with van der Waals surface area (Å²) < 4.78 is 9.14. The van der Waals surface area contributed by atoms with E-state index in [0.717, 1.165) is 16.4 Å². The number of nitrogens with zero attached hydrogens (tertiary/aromatic N) is 4. The Balaban J connectivity index is 1.64. The van der Waals surface area contributed by atoms with Crippen molar-refractivity contribution < 1.29 is 14.3 Å². The molecule has 1 N–H and O–H groups in total. The lowest BCUT2D eigenvalue weighted by Gasteiger charge is -2.08. The molecule has 0 saturated heterocycles. The van der Waals surface area contributed by atoms with Crippen LogP contribution in [0.1, 0.15) is 40.6 Å². The molecule has 3 aromatic rings. The summed E-state index contributed by atoms with van der Waals surface area (Å²) in [4.78, 5) is 25.5. The lowest BCUT2D eigenvalue weighted by molar-refractivity contribution is -0.113. The first-order valence-electron chi connectivity index (χ1n) is 9.65. The molecule has 0 unspecified atom stereocenters. The summed E-state index contributed by atoms with van der Waals surface area (Å²) in [5.74, 6) is 0.394. The van der Waals surface area contributed by atoms with Gasteiger partial charge in [0.15, 0.2) is 5.16 Å². The molecule has 3 aromatic heterocycles. The van der Waals surface area contributed by atoms with Crippen molar-refractivity contribution in [2.45, 2.75) is 38.9 Å². The molecular formula is C20H25N5O3S2. The third kappa shape index (κ3) is 5.11. The van der Waals surface area contributed by atoms with Crippen LogP contribution in [-0.2, 0) is 29.5 Å². The molecule has 0 fully saturated rings. The molecule has 3 heterocycles. The molecule has 30 heavy (non-hydrogen) atoms. The maximum absolute atomic E-state index is 12.5. The molecule has 0 radical (unpaired) electrons. The van der Waals surface area contributed by atoms with Crippen LogP contribution in [0.5, 0.6) is 0 Å². The Bertz CT molecular complexity index is 1040. The largest absolute Gasteiger partial charge is 0.462 e. The van der Waals surface area contributed by atoms with Crippen molar-refractivity contribution in [2.24, 2.45) is 7.05 Å². The highest BCUT2D eigenvalue weighted by atomic mass is 32.2. The monoisotopic (exact) mass is 447 g/mol. The second-order valence-corrected chi connectivity index (χ2v) is 8.79. The lowest BCUT2D eigenvalue weighted by Crippen LogP contribution is -2.16. The van der Waals surface area contributed by atoms with Gasteiger partial charge in [-0.2, -0.15) is 0 Å². The number of thioether (sulfide) groups is 1. The quantitative estimate of drug-likeness (QED) is 0.399. The van der Waals surface area contributed by atoms with Crippen LogP contribution in [-0.4, -0.2) is 43.6 Å². The van der Waals surface area contributed by atoms with Gasteiger partial charge in [-0.15, -0.1) is 21.5 Å². The number of esters is 1. The minimum atomic E-state index is -0.430. The number of thiophene rings is 1. The number of aryl methyl sites for hydroxylation is 2. The van der Waals surface area contributed by atoms with Crippen LogP contribution < -0.4 is 5.32 Å². The SMILES string of the molecule is CCOC(=O)c1cc(C)sc1NC(=O)CSc1nnc(Cc2cccn2C)n1CC. The molecule has 1 amide bonds. The maximum atomic E-state index is 12.5. The van der Waals surface area contributed by atoms with Crippen molar-refractivity contribution >= 4 is 40.0 Å². The van der Waals surface area contributed by atoms with E-state index in [1.807, 2.05) is 37.7 Å². The van der Waals surface area contributed by atoms with Gasteiger partial charge in [0.2, 0.25) is 5.91 Å². The second-order valence-electron chi connectivity index (χ2n) is 6.59. The van der Waals surface area contributed by atoms with E-state index in [1.165, 1.54) is 23.1 Å². The van der Waals surface area contributed by atoms with E-state index in [0.29, 0.717) is 28.7 Å². The Morgan fingerprint density at radius 3 is 2.77 bits per heavy atom. The molecule has 0 aliphatic heterocycles. The zero-order valence-electron chi connectivity index (χ0n) is 17.5. The van der Waals surface area contributed by atoms with Gasteiger partial charge in [-0.05, 0) is 39.0 Å². The smallest absolute Gasteiger partial charge is 0.341 e. The molecule has 0 aliphatic rings. The fourth-order valence-corrected chi connectivity index (χ4v) is 4.71. The van der Waals surface area contributed by atoms with Crippen molar-refractivity contribution in [3.63, 3.8) is 0 Å². The zero-order valence-corrected chi connectivity index (χ0v) is 19.1. The predicted molar refractivity (Wildman–Crippen MR) is 118 cm³/mol. The first kappa shape index (κ1) is 22.1. The minimum Gasteiger partial charge on any atom is -0.462 e. The first-order valence-corrected chi connectivity index (χ1v) is 11.5. The highest BCUT2D eigenvalue weighted by Crippen LogP contribution is 2.29. The van der Waals surface area contributed by atoms with E-state index in [-0.39, 0.29) is 18.3 Å². The lowest BCUT2D eigenvalue weighted by atomic mass is 10.3. The maximum Gasteiger partial charge on any atom is 0.341 e. The van der Waals surface area contributed by atoms with Gasteiger partial charge in [-0.25, -0.2) is 4.79 Å². The topological polar surface area (TPSA) is 91.0 Å². The van der Waals surface area contributed by atoms with Crippen LogP contribution >= 0.6 is 23.1 Å². The molecule has 0 aliphatic carbocycles. The van der Waals surface area contributed by atoms with Crippen molar-refractivity contribution in [1.82, 2.24) is 19.3 Å². The van der Waals surface area contributed by atoms with Crippen LogP contribution in [0.3, 0.4) is 0 Å². The molecule has 10 heteroatoms. The number of anilines is 1. The molecule has 0 atom stereocenters. The summed E-state index contributed by atoms with van der Waals surface area (Å²) in [6, 6.07) is 5.78. The number of nitrogens with one attached hydrogen (secondary N) is 1. The van der Waals surface area contributed by atoms with Crippen LogP contribution in [0.25, 0.3) is 0 Å². The highest BCUT2D eigenvalue weighted by Gasteiger charge is 2.19. The minimum absolute atomic E-state index is 0.168. The molecule has 8 nitrogen and oxygen atoms in total. The van der Waals surface area contributed by atoms with Crippen molar-refractivity contribution in [3.8, 4) is 0 Å². The second kappa shape index (κ2) is 9.94. The molecule has 0 saturated carbocycles. The van der Waals surface area contributed by atoms with Gasteiger partial charge in [-0.3, -0.25) is 4.79 Å². The summed E-state index contributed by atoms with van der Waals surface area (Å²) in [5, 5.41) is 12.6. The van der Waals surface area contributed by atoms with Crippen molar-refractivity contribution in [3.05, 3.63) is 46.4 Å². The average molecular weight is 448 g/mol. The van der Waals surface area contributed by atoms with E-state index >= 15 is 0 Å². The fraction of sp³-hybridized carbons (Fsp3) is 0.400. The summed E-state index contributed by atoms with van der Waals surface area (Å²) in [6.45, 7) is 6.67. The number of ether oxygens (including phenoxy) is 1. The van der Waals surface area contributed by atoms with Gasteiger partial charge in [0.1, 0.15) is 10.8 Å². The molecule has 0 spiro atoms. The van der Waals surface area contributed by atoms with Gasteiger partial charge >= 0.3 is 5.97 Å². The molecular weight excluding hydrogens is 422 g/mol. The zero-order chi connectivity index (χ0) is 21.7. The van der Waals surface area contributed by atoms with Gasteiger partial charge < -0.3 is 19.2 Å². The van der Waals surface area contributed by atoms with E-state index in [1.54, 1.807) is 13.0 Å². The molecule has 3 rings (SSSR count). The van der Waals surface area contributed by atoms with Gasteiger partial charge in [0.25, 0.3) is 0 Å². The van der Waals surface area contributed by atoms with Crippen molar-refractivity contribution in [2.75, 3.05) is 17.7 Å². The Labute approximate surface area is 183 Å². The van der Waals surface area contributed by atoms with E-state index in [4.69, 9.17) is 4.74 Å². The first-order chi connectivity index (χ1) is 14.4. The number of carbonyl (C=O) groups excluding carboxylic acids is 2. The van der Waals surface area contributed by atoms with Gasteiger partial charge in [0, 0.05) is 36.8 Å². The third-order valence-electron chi connectivity index (χ3n) is 4.44. The molecule has 160 valence electrons. The summed E-state index contributed by atoms with van der Waals surface area (Å²) in [6.07, 6.45) is 2.67. The number of aromatic nitrogens is 4. The third-order valence-corrected chi connectivity index (χ3v) is 6.37. The standard InChI is InChI=1S/C20H25N5O3S2/c1-5-25-16(11-14-8-7-9-24(14)4)22-23-20(25)29-12-17(26)21-18-15(10-13(3)30-18)19(27)28-6-2/h7-10H,5-6,11-12H2,1-4H3,(H,21,26). The number of carbonyl (C=O) groups is 2. The summed E-state index contributed by atoms with van der Waals surface area (Å²) >= 11 is 2.68. The fourth-order valence-electron chi connectivity index (χ4n) is 2.98. The van der Waals surface area contributed by atoms with E-state index < -0.39 is 5.97 Å². The number of rotatable bonds is 9. The molecule has 0 bridgehead atoms. The van der Waals surface area contributed by atoms with Crippen molar-refractivity contribution in [1.29, 1.82) is 0 Å². The summed E-state index contributed by atoms with van der Waals surface area (Å²) in [7, 11) is 2.00. The average Bonchev–Trinajstić information content (AvgIpc) is 3.40. The van der Waals surface area contributed by atoms with Crippen LogP contribution in [0.4, 0.5) is 5.00 Å². The summed E-state index contributed by atoms with van der Waals surface area (Å²) in [5.41, 5.74) is 1.53. The van der Waals surface area contributed by atoms with Crippen LogP contribution in [0.15, 0.2) is 29.6 Å². The predicted octanol–water partition coefficient (Wildman–Crippen LogP) is 3.50. The van der Waals surface area contributed by atoms with E-state index in [2.05, 4.69) is 26.1 Å². The number of hydrogen-bond donors (Lipinski definition) is 1. The Morgan fingerprint density at radius 2 is 2.10 bits per heavy atom. The van der Waals surface area contributed by atoms with Gasteiger partial charge in [0.05, 0.1) is 17.9 Å². The normalized spacial score (nSPS) is 10.9. The molecule has 0 aromatic carbocycles. The Kier molecular flexibility index (Phi) is 7.33. The van der Waals surface area contributed by atoms with Gasteiger partial charge in [-0.1, -0.05) is 11.8 Å². The highest BCUT2D eigenvalue weighted by molar-refractivity contribution is 7.99. The Hall–Kier alpha value is -2.59. The number of hydrogen-bond acceptors (Lipinski definition) is 7. The Morgan fingerprint density at radius 1 is 1.30 bits per heavy atom.